The van der Waals surface area contributed by atoms with E-state index in [-0.39, 0.29) is 12.2 Å². The summed E-state index contributed by atoms with van der Waals surface area (Å²) in [4.78, 5) is 36.0. The smallest absolute Gasteiger partial charge is 0.317 e. The van der Waals surface area contributed by atoms with E-state index in [4.69, 9.17) is 14.6 Å². The molecule has 0 saturated heterocycles. The maximum atomic E-state index is 11.8. The molecule has 0 aliphatic heterocycles. The van der Waals surface area contributed by atoms with Crippen molar-refractivity contribution in [3.63, 3.8) is 0 Å². The van der Waals surface area contributed by atoms with E-state index in [1.807, 2.05) is 0 Å². The molecular weight excluding hydrogens is 278 g/mol. The highest BCUT2D eigenvalue weighted by atomic mass is 16.5. The van der Waals surface area contributed by atoms with Crippen LogP contribution >= 0.6 is 0 Å². The standard InChI is InChI=1S/C14H13NO6/c1-20-10-2-3-11-8(5-10)4-9(14(19)15-11)7-21-13(18)6-12(16)17/h2-5H,6-7H2,1H3,(H,15,19)(H,16,17). The second-order valence-corrected chi connectivity index (χ2v) is 4.31. The van der Waals surface area contributed by atoms with Gasteiger partial charge < -0.3 is 19.6 Å². The molecular formula is C14H13NO6. The highest BCUT2D eigenvalue weighted by Crippen LogP contribution is 2.18. The number of methoxy groups -OCH3 is 1. The maximum Gasteiger partial charge on any atom is 0.317 e. The Morgan fingerprint density at radius 1 is 1.29 bits per heavy atom. The molecule has 0 aliphatic carbocycles. The normalized spacial score (nSPS) is 10.3. The van der Waals surface area contributed by atoms with E-state index < -0.39 is 23.9 Å². The van der Waals surface area contributed by atoms with Crippen LogP contribution < -0.4 is 10.3 Å². The van der Waals surface area contributed by atoms with Crippen molar-refractivity contribution >= 4 is 22.8 Å². The number of fused-ring (bicyclic) bond motifs is 1. The number of carbonyl (C=O) groups is 2. The van der Waals surface area contributed by atoms with Crippen LogP contribution in [0.4, 0.5) is 0 Å². The van der Waals surface area contributed by atoms with Gasteiger partial charge in [-0.25, -0.2) is 0 Å². The largest absolute Gasteiger partial charge is 0.497 e. The van der Waals surface area contributed by atoms with Gasteiger partial charge in [-0.3, -0.25) is 14.4 Å². The summed E-state index contributed by atoms with van der Waals surface area (Å²) in [6, 6.07) is 6.72. The minimum Gasteiger partial charge on any atom is -0.497 e. The van der Waals surface area contributed by atoms with Crippen LogP contribution in [-0.2, 0) is 20.9 Å². The van der Waals surface area contributed by atoms with Crippen molar-refractivity contribution in [2.45, 2.75) is 13.0 Å². The quantitative estimate of drug-likeness (QED) is 0.630. The van der Waals surface area contributed by atoms with Crippen LogP contribution in [0.1, 0.15) is 12.0 Å². The van der Waals surface area contributed by atoms with Crippen molar-refractivity contribution in [1.29, 1.82) is 0 Å². The number of aromatic nitrogens is 1. The summed E-state index contributed by atoms with van der Waals surface area (Å²) in [7, 11) is 1.53. The van der Waals surface area contributed by atoms with E-state index in [0.29, 0.717) is 11.3 Å². The number of H-pyrrole nitrogens is 1. The van der Waals surface area contributed by atoms with Crippen molar-refractivity contribution < 1.29 is 24.2 Å². The number of nitrogens with one attached hydrogen (secondary N) is 1. The lowest BCUT2D eigenvalue weighted by Gasteiger charge is -2.06. The Balaban J connectivity index is 2.23. The fraction of sp³-hybridized carbons (Fsp3) is 0.214. The molecule has 2 rings (SSSR count). The highest BCUT2D eigenvalue weighted by Gasteiger charge is 2.11. The zero-order valence-electron chi connectivity index (χ0n) is 11.2. The summed E-state index contributed by atoms with van der Waals surface area (Å²) >= 11 is 0. The van der Waals surface area contributed by atoms with Crippen molar-refractivity contribution in [1.82, 2.24) is 4.98 Å². The van der Waals surface area contributed by atoms with Crippen LogP contribution in [0.15, 0.2) is 29.1 Å². The van der Waals surface area contributed by atoms with Crippen LogP contribution in [-0.4, -0.2) is 29.1 Å². The summed E-state index contributed by atoms with van der Waals surface area (Å²) < 4.78 is 9.85. The van der Waals surface area contributed by atoms with Crippen LogP contribution in [0.25, 0.3) is 10.9 Å². The number of aromatic amines is 1. The summed E-state index contributed by atoms with van der Waals surface area (Å²) in [5, 5.41) is 9.17. The summed E-state index contributed by atoms with van der Waals surface area (Å²) in [6.45, 7) is -0.283. The number of esters is 1. The Morgan fingerprint density at radius 3 is 2.71 bits per heavy atom. The number of benzene rings is 1. The van der Waals surface area contributed by atoms with Gasteiger partial charge in [0, 0.05) is 10.9 Å². The number of carbonyl (C=O) groups excluding carboxylic acids is 1. The first-order valence-electron chi connectivity index (χ1n) is 6.07. The molecule has 0 bridgehead atoms. The van der Waals surface area contributed by atoms with E-state index in [9.17, 15) is 14.4 Å². The Labute approximate surface area is 119 Å². The van der Waals surface area contributed by atoms with E-state index in [2.05, 4.69) is 4.98 Å². The molecule has 0 saturated carbocycles. The first-order valence-corrected chi connectivity index (χ1v) is 6.07. The molecule has 1 aromatic heterocycles. The monoisotopic (exact) mass is 291 g/mol. The van der Waals surface area contributed by atoms with Crippen LogP contribution in [0, 0.1) is 0 Å². The summed E-state index contributed by atoms with van der Waals surface area (Å²) in [5.41, 5.74) is 0.465. The molecule has 0 aliphatic rings. The number of pyridine rings is 1. The van der Waals surface area contributed by atoms with Gasteiger partial charge in [0.15, 0.2) is 0 Å². The van der Waals surface area contributed by atoms with Gasteiger partial charge >= 0.3 is 11.9 Å². The second-order valence-electron chi connectivity index (χ2n) is 4.31. The van der Waals surface area contributed by atoms with Gasteiger partial charge in [-0.05, 0) is 24.3 Å². The van der Waals surface area contributed by atoms with Gasteiger partial charge in [0.1, 0.15) is 18.8 Å². The molecule has 0 amide bonds. The predicted molar refractivity (Wildman–Crippen MR) is 73.2 cm³/mol. The van der Waals surface area contributed by atoms with Crippen molar-refractivity contribution in [2.75, 3.05) is 7.11 Å². The SMILES string of the molecule is COc1ccc2[nH]c(=O)c(COC(=O)CC(=O)O)cc2c1. The van der Waals surface area contributed by atoms with E-state index in [0.717, 1.165) is 5.39 Å². The van der Waals surface area contributed by atoms with Gasteiger partial charge in [-0.2, -0.15) is 0 Å². The number of carboxylic acids is 1. The maximum absolute atomic E-state index is 11.8. The molecule has 0 atom stereocenters. The topological polar surface area (TPSA) is 106 Å². The summed E-state index contributed by atoms with van der Waals surface area (Å²) in [5.74, 6) is -1.55. The second kappa shape index (κ2) is 6.08. The average molecular weight is 291 g/mol. The van der Waals surface area contributed by atoms with Crippen molar-refractivity contribution in [3.05, 3.63) is 40.2 Å². The fourth-order valence-electron chi connectivity index (χ4n) is 1.80. The molecule has 0 fully saturated rings. The van der Waals surface area contributed by atoms with Gasteiger partial charge in [-0.1, -0.05) is 0 Å². The molecule has 0 spiro atoms. The average Bonchev–Trinajstić information content (AvgIpc) is 2.43. The zero-order chi connectivity index (χ0) is 15.4. The number of aliphatic carboxylic acids is 1. The van der Waals surface area contributed by atoms with E-state index in [1.54, 1.807) is 24.3 Å². The van der Waals surface area contributed by atoms with Gasteiger partial charge in [-0.15, -0.1) is 0 Å². The molecule has 1 heterocycles. The Morgan fingerprint density at radius 2 is 2.05 bits per heavy atom. The molecule has 110 valence electrons. The molecule has 7 nitrogen and oxygen atoms in total. The van der Waals surface area contributed by atoms with Gasteiger partial charge in [0.2, 0.25) is 0 Å². The number of hydrogen-bond acceptors (Lipinski definition) is 5. The zero-order valence-corrected chi connectivity index (χ0v) is 11.2. The number of rotatable bonds is 5. The summed E-state index contributed by atoms with van der Waals surface area (Å²) in [6.07, 6.45) is -0.737. The Kier molecular flexibility index (Phi) is 4.22. The first-order chi connectivity index (χ1) is 9.99. The molecule has 0 radical (unpaired) electrons. The third-order valence-electron chi connectivity index (χ3n) is 2.81. The molecule has 2 N–H and O–H groups in total. The lowest BCUT2D eigenvalue weighted by atomic mass is 10.1. The van der Waals surface area contributed by atoms with E-state index >= 15 is 0 Å². The lowest BCUT2D eigenvalue weighted by molar-refractivity contribution is -0.152. The lowest BCUT2D eigenvalue weighted by Crippen LogP contribution is -2.16. The minimum absolute atomic E-state index is 0.231. The third-order valence-corrected chi connectivity index (χ3v) is 2.81. The van der Waals surface area contributed by atoms with Crippen LogP contribution in [0.2, 0.25) is 0 Å². The Hall–Kier alpha value is -2.83. The molecule has 0 unspecified atom stereocenters. The van der Waals surface area contributed by atoms with Crippen LogP contribution in [0.3, 0.4) is 0 Å². The molecule has 2 aromatic rings. The van der Waals surface area contributed by atoms with Crippen LogP contribution in [0.5, 0.6) is 5.75 Å². The molecule has 7 heteroatoms. The number of hydrogen-bond donors (Lipinski definition) is 2. The molecule has 21 heavy (non-hydrogen) atoms. The fourth-order valence-corrected chi connectivity index (χ4v) is 1.80. The number of ether oxygens (including phenoxy) is 2. The van der Waals surface area contributed by atoms with E-state index in [1.165, 1.54) is 7.11 Å². The Bertz CT molecular complexity index is 749. The predicted octanol–water partition coefficient (Wildman–Crippen LogP) is 1.05. The minimum atomic E-state index is -1.28. The van der Waals surface area contributed by atoms with Crippen molar-refractivity contribution in [3.8, 4) is 5.75 Å². The number of carboxylic acid groups (broad SMARTS) is 1. The van der Waals surface area contributed by atoms with Crippen molar-refractivity contribution in [2.24, 2.45) is 0 Å². The van der Waals surface area contributed by atoms with Gasteiger partial charge in [0.05, 0.1) is 12.7 Å². The van der Waals surface area contributed by atoms with Gasteiger partial charge in [0.25, 0.3) is 5.56 Å². The highest BCUT2D eigenvalue weighted by molar-refractivity contribution is 5.90. The molecule has 1 aromatic carbocycles. The third kappa shape index (κ3) is 3.59. The first kappa shape index (κ1) is 14.6.